The SMILES string of the molecule is Cc1ccc(C(CCl)(CCl)Cc2ccncc2Cl)cc1. The first kappa shape index (κ1) is 15.6. The molecule has 0 aliphatic rings. The molecule has 1 heterocycles. The van der Waals surface area contributed by atoms with Crippen LogP contribution in [0.25, 0.3) is 0 Å². The standard InChI is InChI=1S/C16H16Cl3N/c1-12-2-4-14(5-3-12)16(10-17,11-18)8-13-6-7-20-9-15(13)19/h2-7,9H,8,10-11H2,1H3. The number of aromatic nitrogens is 1. The molecule has 1 aromatic carbocycles. The molecule has 0 bridgehead atoms. The van der Waals surface area contributed by atoms with Gasteiger partial charge in [-0.25, -0.2) is 0 Å². The number of alkyl halides is 2. The number of hydrogen-bond acceptors (Lipinski definition) is 1. The quantitative estimate of drug-likeness (QED) is 0.704. The van der Waals surface area contributed by atoms with Crippen LogP contribution in [0, 0.1) is 6.92 Å². The zero-order valence-electron chi connectivity index (χ0n) is 11.2. The average molecular weight is 329 g/mol. The molecule has 1 nitrogen and oxygen atoms in total. The summed E-state index contributed by atoms with van der Waals surface area (Å²) in [4.78, 5) is 4.01. The van der Waals surface area contributed by atoms with Gasteiger partial charge < -0.3 is 0 Å². The van der Waals surface area contributed by atoms with Gasteiger partial charge in [0.1, 0.15) is 0 Å². The summed E-state index contributed by atoms with van der Waals surface area (Å²) in [6, 6.07) is 10.3. The fourth-order valence-electron chi connectivity index (χ4n) is 2.21. The maximum absolute atomic E-state index is 6.26. The molecule has 0 N–H and O–H groups in total. The fraction of sp³-hybridized carbons (Fsp3) is 0.312. The van der Waals surface area contributed by atoms with Crippen molar-refractivity contribution in [2.75, 3.05) is 11.8 Å². The van der Waals surface area contributed by atoms with Crippen molar-refractivity contribution in [3.63, 3.8) is 0 Å². The third-order valence-electron chi connectivity index (χ3n) is 3.56. The summed E-state index contributed by atoms with van der Waals surface area (Å²) < 4.78 is 0. The highest BCUT2D eigenvalue weighted by Crippen LogP contribution is 2.33. The van der Waals surface area contributed by atoms with Gasteiger partial charge in [-0.15, -0.1) is 23.2 Å². The van der Waals surface area contributed by atoms with Crippen LogP contribution >= 0.6 is 34.8 Å². The number of hydrogen-bond donors (Lipinski definition) is 0. The lowest BCUT2D eigenvalue weighted by molar-refractivity contribution is 0.536. The number of aryl methyl sites for hydroxylation is 1. The first-order chi connectivity index (χ1) is 9.61. The minimum atomic E-state index is -0.318. The molecule has 2 rings (SSSR count). The van der Waals surface area contributed by atoms with E-state index in [0.717, 1.165) is 11.1 Å². The molecule has 0 unspecified atom stereocenters. The van der Waals surface area contributed by atoms with E-state index in [1.807, 2.05) is 6.07 Å². The monoisotopic (exact) mass is 327 g/mol. The number of nitrogens with zero attached hydrogens (tertiary/aromatic N) is 1. The van der Waals surface area contributed by atoms with Gasteiger partial charge in [-0.2, -0.15) is 0 Å². The van der Waals surface area contributed by atoms with Gasteiger partial charge in [0.25, 0.3) is 0 Å². The van der Waals surface area contributed by atoms with Crippen molar-refractivity contribution in [3.8, 4) is 0 Å². The Bertz CT molecular complexity index is 562. The van der Waals surface area contributed by atoms with Crippen LogP contribution in [0.3, 0.4) is 0 Å². The molecule has 0 spiro atoms. The second-order valence-corrected chi connectivity index (χ2v) is 6.00. The van der Waals surface area contributed by atoms with Gasteiger partial charge >= 0.3 is 0 Å². The minimum Gasteiger partial charge on any atom is -0.263 e. The highest BCUT2D eigenvalue weighted by atomic mass is 35.5. The summed E-state index contributed by atoms with van der Waals surface area (Å²) >= 11 is 18.7. The number of pyridine rings is 1. The van der Waals surface area contributed by atoms with Gasteiger partial charge in [-0.1, -0.05) is 41.4 Å². The van der Waals surface area contributed by atoms with E-state index in [1.54, 1.807) is 12.4 Å². The molecule has 0 aliphatic carbocycles. The molecule has 20 heavy (non-hydrogen) atoms. The van der Waals surface area contributed by atoms with Crippen LogP contribution in [-0.4, -0.2) is 16.7 Å². The summed E-state index contributed by atoms with van der Waals surface area (Å²) in [5.41, 5.74) is 3.06. The third-order valence-corrected chi connectivity index (χ3v) is 4.92. The summed E-state index contributed by atoms with van der Waals surface area (Å²) in [6.07, 6.45) is 4.09. The first-order valence-electron chi connectivity index (χ1n) is 6.39. The van der Waals surface area contributed by atoms with E-state index in [0.29, 0.717) is 23.2 Å². The Morgan fingerprint density at radius 2 is 1.70 bits per heavy atom. The molecule has 0 aliphatic heterocycles. The predicted octanol–water partition coefficient (Wildman–Crippen LogP) is 5.00. The van der Waals surface area contributed by atoms with E-state index in [-0.39, 0.29) is 5.41 Å². The Hall–Kier alpha value is -0.760. The molecule has 1 aromatic heterocycles. The lowest BCUT2D eigenvalue weighted by Gasteiger charge is -2.31. The van der Waals surface area contributed by atoms with E-state index < -0.39 is 0 Å². The third kappa shape index (κ3) is 3.28. The topological polar surface area (TPSA) is 12.9 Å². The van der Waals surface area contributed by atoms with Crippen molar-refractivity contribution in [2.45, 2.75) is 18.8 Å². The number of benzene rings is 1. The van der Waals surface area contributed by atoms with Gasteiger partial charge in [0.2, 0.25) is 0 Å². The van der Waals surface area contributed by atoms with E-state index in [1.165, 1.54) is 5.56 Å². The Kier molecular flexibility index (Phi) is 5.31. The highest BCUT2D eigenvalue weighted by molar-refractivity contribution is 6.31. The zero-order chi connectivity index (χ0) is 14.6. The molecule has 4 heteroatoms. The maximum atomic E-state index is 6.26. The van der Waals surface area contributed by atoms with E-state index >= 15 is 0 Å². The van der Waals surface area contributed by atoms with Gasteiger partial charge in [0.15, 0.2) is 0 Å². The highest BCUT2D eigenvalue weighted by Gasteiger charge is 2.31. The van der Waals surface area contributed by atoms with Crippen molar-refractivity contribution in [1.82, 2.24) is 4.98 Å². The molecular formula is C16H16Cl3N. The van der Waals surface area contributed by atoms with Gasteiger partial charge in [0, 0.05) is 29.6 Å². The van der Waals surface area contributed by atoms with Gasteiger partial charge in [0.05, 0.1) is 5.02 Å². The zero-order valence-corrected chi connectivity index (χ0v) is 13.5. The molecule has 0 atom stereocenters. The van der Waals surface area contributed by atoms with Crippen molar-refractivity contribution < 1.29 is 0 Å². The molecule has 0 radical (unpaired) electrons. The number of rotatable bonds is 5. The van der Waals surface area contributed by atoms with Crippen LogP contribution < -0.4 is 0 Å². The van der Waals surface area contributed by atoms with Crippen LogP contribution in [0.2, 0.25) is 5.02 Å². The average Bonchev–Trinajstić information content (AvgIpc) is 2.48. The van der Waals surface area contributed by atoms with Gasteiger partial charge in [-0.3, -0.25) is 4.98 Å². The maximum Gasteiger partial charge on any atom is 0.0621 e. The molecule has 0 amide bonds. The molecule has 106 valence electrons. The summed E-state index contributed by atoms with van der Waals surface area (Å²) in [7, 11) is 0. The molecular weight excluding hydrogens is 313 g/mol. The lowest BCUT2D eigenvalue weighted by atomic mass is 9.78. The van der Waals surface area contributed by atoms with Crippen LogP contribution in [0.15, 0.2) is 42.7 Å². The van der Waals surface area contributed by atoms with Crippen molar-refractivity contribution in [1.29, 1.82) is 0 Å². The van der Waals surface area contributed by atoms with Gasteiger partial charge in [-0.05, 0) is 30.5 Å². The largest absolute Gasteiger partial charge is 0.263 e. The Morgan fingerprint density at radius 1 is 1.05 bits per heavy atom. The van der Waals surface area contributed by atoms with E-state index in [4.69, 9.17) is 34.8 Å². The van der Waals surface area contributed by atoms with Crippen molar-refractivity contribution in [3.05, 3.63) is 64.4 Å². The van der Waals surface area contributed by atoms with E-state index in [2.05, 4.69) is 36.2 Å². The normalized spacial score (nSPS) is 11.6. The Morgan fingerprint density at radius 3 is 2.25 bits per heavy atom. The van der Waals surface area contributed by atoms with Crippen molar-refractivity contribution in [2.24, 2.45) is 0 Å². The molecule has 0 saturated heterocycles. The van der Waals surface area contributed by atoms with Crippen LogP contribution in [0.5, 0.6) is 0 Å². The molecule has 2 aromatic rings. The van der Waals surface area contributed by atoms with E-state index in [9.17, 15) is 0 Å². The Balaban J connectivity index is 2.39. The second kappa shape index (κ2) is 6.80. The number of halogens is 3. The summed E-state index contributed by atoms with van der Waals surface area (Å²) in [6.45, 7) is 2.06. The fourth-order valence-corrected chi connectivity index (χ4v) is 3.18. The first-order valence-corrected chi connectivity index (χ1v) is 7.83. The molecule has 0 fully saturated rings. The summed E-state index contributed by atoms with van der Waals surface area (Å²) in [5, 5.41) is 0.652. The van der Waals surface area contributed by atoms with Crippen LogP contribution in [0.4, 0.5) is 0 Å². The van der Waals surface area contributed by atoms with Crippen LogP contribution in [-0.2, 0) is 11.8 Å². The second-order valence-electron chi connectivity index (χ2n) is 5.06. The lowest BCUT2D eigenvalue weighted by Crippen LogP contribution is -2.33. The molecule has 0 saturated carbocycles. The van der Waals surface area contributed by atoms with Crippen LogP contribution in [0.1, 0.15) is 16.7 Å². The smallest absolute Gasteiger partial charge is 0.0621 e. The predicted molar refractivity (Wildman–Crippen MR) is 87.2 cm³/mol. The summed E-state index contributed by atoms with van der Waals surface area (Å²) in [5.74, 6) is 0.885. The minimum absolute atomic E-state index is 0.318. The Labute approximate surface area is 134 Å². The van der Waals surface area contributed by atoms with Crippen molar-refractivity contribution >= 4 is 34.8 Å².